The van der Waals surface area contributed by atoms with Gasteiger partial charge in [-0.15, -0.1) is 0 Å². The predicted molar refractivity (Wildman–Crippen MR) is 97.1 cm³/mol. The first-order valence-corrected chi connectivity index (χ1v) is 9.63. The zero-order valence-electron chi connectivity index (χ0n) is 14.4. The number of aliphatic hydroxyl groups is 1. The second-order valence-electron chi connectivity index (χ2n) is 5.91. The molecule has 1 aliphatic heterocycles. The fourth-order valence-electron chi connectivity index (χ4n) is 2.56. The first-order chi connectivity index (χ1) is 13.2. The van der Waals surface area contributed by atoms with Crippen LogP contribution in [0.4, 0.5) is 25.0 Å². The molecule has 0 aromatic heterocycles. The standard InChI is InChI=1S/C17H17F2N3O5S/c18-15(19)10-27-13-2-1-3-14(8-13)28(25,26)21-11-4-6-12(7-5-11)22-9-16(23)20-17(22)24/h1-8,15-16,21,23H,9-10H2,(H,20,24). The number of urea groups is 1. The van der Waals surface area contributed by atoms with Crippen molar-refractivity contribution in [2.45, 2.75) is 17.5 Å². The molecular formula is C17H17F2N3O5S. The molecule has 0 radical (unpaired) electrons. The molecule has 0 spiro atoms. The topological polar surface area (TPSA) is 108 Å². The average Bonchev–Trinajstić information content (AvgIpc) is 2.99. The van der Waals surface area contributed by atoms with Crippen LogP contribution in [0.3, 0.4) is 0 Å². The summed E-state index contributed by atoms with van der Waals surface area (Å²) in [4.78, 5) is 12.9. The molecule has 11 heteroatoms. The molecule has 150 valence electrons. The van der Waals surface area contributed by atoms with Crippen molar-refractivity contribution in [1.29, 1.82) is 0 Å². The number of aliphatic hydroxyl groups excluding tert-OH is 1. The number of rotatable bonds is 7. The summed E-state index contributed by atoms with van der Waals surface area (Å²) in [6.45, 7) is -0.757. The largest absolute Gasteiger partial charge is 0.488 e. The third kappa shape index (κ3) is 4.67. The van der Waals surface area contributed by atoms with E-state index in [4.69, 9.17) is 4.74 Å². The van der Waals surface area contributed by atoms with E-state index < -0.39 is 35.3 Å². The number of β-amino-alcohol motifs (C(OH)–C–C–N with tert-alkyl or cyclic N) is 1. The Kier molecular flexibility index (Phi) is 5.66. The molecular weight excluding hydrogens is 396 g/mol. The van der Waals surface area contributed by atoms with Crippen molar-refractivity contribution in [3.05, 3.63) is 48.5 Å². The van der Waals surface area contributed by atoms with Crippen LogP contribution >= 0.6 is 0 Å². The molecule has 1 saturated heterocycles. The smallest absolute Gasteiger partial charge is 0.324 e. The molecule has 1 unspecified atom stereocenters. The maximum Gasteiger partial charge on any atom is 0.324 e. The highest BCUT2D eigenvalue weighted by molar-refractivity contribution is 7.92. The summed E-state index contributed by atoms with van der Waals surface area (Å²) < 4.78 is 56.7. The number of sulfonamides is 1. The Morgan fingerprint density at radius 1 is 1.25 bits per heavy atom. The van der Waals surface area contributed by atoms with Gasteiger partial charge in [0.05, 0.1) is 11.4 Å². The minimum absolute atomic E-state index is 0.0112. The van der Waals surface area contributed by atoms with Crippen LogP contribution in [0, 0.1) is 0 Å². The Morgan fingerprint density at radius 3 is 2.57 bits per heavy atom. The minimum atomic E-state index is -3.98. The van der Waals surface area contributed by atoms with E-state index in [1.54, 1.807) is 0 Å². The molecule has 1 heterocycles. The van der Waals surface area contributed by atoms with Crippen LogP contribution in [0.15, 0.2) is 53.4 Å². The number of nitrogens with one attached hydrogen (secondary N) is 2. The Balaban J connectivity index is 1.72. The lowest BCUT2D eigenvalue weighted by Gasteiger charge is -2.15. The molecule has 0 saturated carbocycles. The van der Waals surface area contributed by atoms with Gasteiger partial charge in [0.2, 0.25) is 0 Å². The number of hydrogen-bond donors (Lipinski definition) is 3. The van der Waals surface area contributed by atoms with E-state index in [1.165, 1.54) is 47.4 Å². The Hall–Kier alpha value is -2.92. The molecule has 0 bridgehead atoms. The molecule has 2 aromatic carbocycles. The quantitative estimate of drug-likeness (QED) is 0.643. The van der Waals surface area contributed by atoms with Crippen molar-refractivity contribution in [3.8, 4) is 5.75 Å². The number of benzene rings is 2. The van der Waals surface area contributed by atoms with E-state index in [2.05, 4.69) is 10.0 Å². The Labute approximate surface area is 159 Å². The third-order valence-electron chi connectivity index (χ3n) is 3.81. The van der Waals surface area contributed by atoms with Crippen molar-refractivity contribution in [2.24, 2.45) is 0 Å². The van der Waals surface area contributed by atoms with Crippen molar-refractivity contribution >= 4 is 27.4 Å². The fourth-order valence-corrected chi connectivity index (χ4v) is 3.65. The van der Waals surface area contributed by atoms with Gasteiger partial charge in [-0.1, -0.05) is 6.07 Å². The summed E-state index contributed by atoms with van der Waals surface area (Å²) in [5, 5.41) is 11.8. The van der Waals surface area contributed by atoms with Crippen molar-refractivity contribution in [3.63, 3.8) is 0 Å². The maximum atomic E-state index is 12.5. The van der Waals surface area contributed by atoms with Crippen LogP contribution in [0.5, 0.6) is 5.75 Å². The van der Waals surface area contributed by atoms with Gasteiger partial charge in [0.15, 0.2) is 0 Å². The van der Waals surface area contributed by atoms with Gasteiger partial charge >= 0.3 is 6.03 Å². The van der Waals surface area contributed by atoms with Gasteiger partial charge in [0.1, 0.15) is 18.6 Å². The molecule has 1 fully saturated rings. The number of carbonyl (C=O) groups is 1. The van der Waals surface area contributed by atoms with E-state index in [0.29, 0.717) is 5.69 Å². The molecule has 2 aromatic rings. The monoisotopic (exact) mass is 413 g/mol. The zero-order valence-corrected chi connectivity index (χ0v) is 15.2. The second-order valence-corrected chi connectivity index (χ2v) is 7.59. The first-order valence-electron chi connectivity index (χ1n) is 8.14. The summed E-state index contributed by atoms with van der Waals surface area (Å²) in [5.41, 5.74) is 0.724. The summed E-state index contributed by atoms with van der Waals surface area (Å²) in [7, 11) is -3.98. The molecule has 28 heavy (non-hydrogen) atoms. The number of amides is 2. The highest BCUT2D eigenvalue weighted by Gasteiger charge is 2.28. The van der Waals surface area contributed by atoms with Crippen LogP contribution in [-0.4, -0.2) is 45.4 Å². The highest BCUT2D eigenvalue weighted by atomic mass is 32.2. The van der Waals surface area contributed by atoms with E-state index >= 15 is 0 Å². The summed E-state index contributed by atoms with van der Waals surface area (Å²) in [6, 6.07) is 10.7. The molecule has 2 amide bonds. The number of halogens is 2. The van der Waals surface area contributed by atoms with Crippen LogP contribution in [0.25, 0.3) is 0 Å². The van der Waals surface area contributed by atoms with E-state index in [0.717, 1.165) is 6.07 Å². The number of hydrogen-bond acceptors (Lipinski definition) is 5. The van der Waals surface area contributed by atoms with Gasteiger partial charge in [-0.2, -0.15) is 0 Å². The van der Waals surface area contributed by atoms with E-state index in [9.17, 15) is 27.1 Å². The third-order valence-corrected chi connectivity index (χ3v) is 5.19. The lowest BCUT2D eigenvalue weighted by molar-refractivity contribution is 0.0818. The normalized spacial score (nSPS) is 16.9. The Bertz CT molecular complexity index is 954. The Morgan fingerprint density at radius 2 is 1.96 bits per heavy atom. The lowest BCUT2D eigenvalue weighted by atomic mass is 10.2. The molecule has 1 atom stereocenters. The number of anilines is 2. The van der Waals surface area contributed by atoms with E-state index in [1.807, 2.05) is 0 Å². The number of nitrogens with zero attached hydrogens (tertiary/aromatic N) is 1. The van der Waals surface area contributed by atoms with Crippen LogP contribution < -0.4 is 19.7 Å². The van der Waals surface area contributed by atoms with Crippen LogP contribution in [0.2, 0.25) is 0 Å². The van der Waals surface area contributed by atoms with Gasteiger partial charge in [-0.3, -0.25) is 9.62 Å². The number of alkyl halides is 2. The second kappa shape index (κ2) is 7.98. The average molecular weight is 413 g/mol. The predicted octanol–water partition coefficient (Wildman–Crippen LogP) is 1.98. The SMILES string of the molecule is O=C1NC(O)CN1c1ccc(NS(=O)(=O)c2cccc(OCC(F)F)c2)cc1. The maximum absolute atomic E-state index is 12.5. The van der Waals surface area contributed by atoms with E-state index in [-0.39, 0.29) is 22.9 Å². The molecule has 8 nitrogen and oxygen atoms in total. The van der Waals surface area contributed by atoms with Gasteiger partial charge < -0.3 is 15.2 Å². The molecule has 3 N–H and O–H groups in total. The fraction of sp³-hybridized carbons (Fsp3) is 0.235. The first kappa shape index (κ1) is 19.8. The minimum Gasteiger partial charge on any atom is -0.488 e. The molecule has 3 rings (SSSR count). The van der Waals surface area contributed by atoms with Gasteiger partial charge in [0.25, 0.3) is 16.4 Å². The van der Waals surface area contributed by atoms with Gasteiger partial charge in [0, 0.05) is 17.4 Å². The van der Waals surface area contributed by atoms with Crippen molar-refractivity contribution < 1.29 is 31.8 Å². The van der Waals surface area contributed by atoms with Crippen molar-refractivity contribution in [1.82, 2.24) is 5.32 Å². The van der Waals surface area contributed by atoms with Crippen LogP contribution in [0.1, 0.15) is 0 Å². The highest BCUT2D eigenvalue weighted by Crippen LogP contribution is 2.24. The van der Waals surface area contributed by atoms with Gasteiger partial charge in [-0.05, 0) is 36.4 Å². The summed E-state index contributed by atoms with van der Waals surface area (Å²) >= 11 is 0. The summed E-state index contributed by atoms with van der Waals surface area (Å²) in [5.74, 6) is 0.0112. The zero-order chi connectivity index (χ0) is 20.3. The lowest BCUT2D eigenvalue weighted by Crippen LogP contribution is -2.28. The molecule has 0 aliphatic carbocycles. The number of carbonyl (C=O) groups excluding carboxylic acids is 1. The van der Waals surface area contributed by atoms with Gasteiger partial charge in [-0.25, -0.2) is 22.0 Å². The molecule has 1 aliphatic rings. The number of ether oxygens (including phenoxy) is 1. The summed E-state index contributed by atoms with van der Waals surface area (Å²) in [6.07, 6.45) is -3.64. The van der Waals surface area contributed by atoms with Crippen molar-refractivity contribution in [2.75, 3.05) is 22.8 Å². The van der Waals surface area contributed by atoms with Crippen LogP contribution in [-0.2, 0) is 10.0 Å².